The lowest BCUT2D eigenvalue weighted by molar-refractivity contribution is -0.274. The minimum absolute atomic E-state index is 0.185. The normalized spacial score (nSPS) is 11.1. The third kappa shape index (κ3) is 3.26. The van der Waals surface area contributed by atoms with Gasteiger partial charge in [0.25, 0.3) is 0 Å². The molecule has 0 aliphatic heterocycles. The van der Waals surface area contributed by atoms with Gasteiger partial charge >= 0.3 is 12.3 Å². The van der Waals surface area contributed by atoms with Gasteiger partial charge in [0, 0.05) is 4.47 Å². The third-order valence-corrected chi connectivity index (χ3v) is 2.46. The van der Waals surface area contributed by atoms with E-state index in [2.05, 4.69) is 25.4 Å². The molecule has 0 spiro atoms. The molecule has 2 N–H and O–H groups in total. The number of alkyl halides is 3. The fourth-order valence-electron chi connectivity index (χ4n) is 1.07. The summed E-state index contributed by atoms with van der Waals surface area (Å²) in [5.74, 6) is -1.75. The number of ether oxygens (including phenoxy) is 2. The van der Waals surface area contributed by atoms with Gasteiger partial charge in [-0.1, -0.05) is 0 Å². The summed E-state index contributed by atoms with van der Waals surface area (Å²) in [7, 11) is 1.04. The molecular weight excluding hydrogens is 307 g/mol. The summed E-state index contributed by atoms with van der Waals surface area (Å²) >= 11 is 2.93. The Bertz CT molecular complexity index is 448. The molecule has 0 heterocycles. The smallest absolute Gasteiger partial charge is 0.465 e. The van der Waals surface area contributed by atoms with E-state index in [1.807, 2.05) is 0 Å². The zero-order valence-electron chi connectivity index (χ0n) is 8.47. The Balaban J connectivity index is 3.31. The average molecular weight is 314 g/mol. The van der Waals surface area contributed by atoms with Crippen LogP contribution in [0.15, 0.2) is 16.6 Å². The molecule has 1 aromatic carbocycles. The molecule has 0 atom stereocenters. The molecule has 0 aliphatic carbocycles. The maximum atomic E-state index is 12.2. The van der Waals surface area contributed by atoms with Crippen molar-refractivity contribution < 1.29 is 27.4 Å². The third-order valence-electron chi connectivity index (χ3n) is 1.77. The molecule has 0 unspecified atom stereocenters. The van der Waals surface area contributed by atoms with Crippen LogP contribution in [-0.4, -0.2) is 19.4 Å². The highest BCUT2D eigenvalue weighted by molar-refractivity contribution is 9.10. The van der Waals surface area contributed by atoms with Crippen molar-refractivity contribution in [2.75, 3.05) is 12.8 Å². The Labute approximate surface area is 103 Å². The summed E-state index contributed by atoms with van der Waals surface area (Å²) in [5, 5.41) is 0. The van der Waals surface area contributed by atoms with E-state index >= 15 is 0 Å². The molecule has 0 aliphatic rings. The Hall–Kier alpha value is -1.44. The van der Waals surface area contributed by atoms with Crippen LogP contribution in [0.25, 0.3) is 0 Å². The van der Waals surface area contributed by atoms with Crippen molar-refractivity contribution in [2.45, 2.75) is 6.36 Å². The number of benzene rings is 1. The molecule has 0 saturated carbocycles. The summed E-state index contributed by atoms with van der Waals surface area (Å²) in [6.45, 7) is 0. The molecule has 1 aromatic rings. The Morgan fingerprint density at radius 3 is 2.47 bits per heavy atom. The number of esters is 1. The van der Waals surface area contributed by atoms with Gasteiger partial charge in [-0.05, 0) is 28.1 Å². The molecule has 0 saturated heterocycles. The summed E-state index contributed by atoms with van der Waals surface area (Å²) in [6, 6.07) is 2.44. The lowest BCUT2D eigenvalue weighted by Crippen LogP contribution is -2.20. The van der Waals surface area contributed by atoms with Crippen LogP contribution in [0.2, 0.25) is 0 Å². The zero-order chi connectivity index (χ0) is 13.2. The Kier molecular flexibility index (Phi) is 3.87. The fraction of sp³-hybridized carbons (Fsp3) is 0.222. The second kappa shape index (κ2) is 4.82. The van der Waals surface area contributed by atoms with E-state index in [1.165, 1.54) is 6.07 Å². The Morgan fingerprint density at radius 2 is 2.00 bits per heavy atom. The molecule has 8 heteroatoms. The van der Waals surface area contributed by atoms with E-state index in [-0.39, 0.29) is 10.2 Å². The highest BCUT2D eigenvalue weighted by atomic mass is 79.9. The van der Waals surface area contributed by atoms with Crippen molar-refractivity contribution in [3.05, 3.63) is 22.2 Å². The summed E-state index contributed by atoms with van der Waals surface area (Å²) < 4.78 is 44.7. The zero-order valence-corrected chi connectivity index (χ0v) is 10.1. The predicted octanol–water partition coefficient (Wildman–Crippen LogP) is 2.72. The number of hydrogen-bond donors (Lipinski definition) is 1. The fourth-order valence-corrected chi connectivity index (χ4v) is 1.38. The van der Waals surface area contributed by atoms with E-state index in [1.54, 1.807) is 0 Å². The lowest BCUT2D eigenvalue weighted by Gasteiger charge is -2.15. The highest BCUT2D eigenvalue weighted by Crippen LogP contribution is 2.37. The number of carbonyl (C=O) groups is 1. The Morgan fingerprint density at radius 1 is 1.41 bits per heavy atom. The van der Waals surface area contributed by atoms with Crippen LogP contribution in [0.5, 0.6) is 5.75 Å². The summed E-state index contributed by atoms with van der Waals surface area (Å²) in [6.07, 6.45) is -4.95. The van der Waals surface area contributed by atoms with Crippen molar-refractivity contribution in [3.63, 3.8) is 0 Å². The molecule has 0 amide bonds. The maximum absolute atomic E-state index is 12.2. The number of nitrogen functional groups attached to an aromatic ring is 1. The molecule has 4 nitrogen and oxygen atoms in total. The molecule has 0 aromatic heterocycles. The van der Waals surface area contributed by atoms with Crippen molar-refractivity contribution in [2.24, 2.45) is 0 Å². The van der Waals surface area contributed by atoms with Gasteiger partial charge in [0.2, 0.25) is 0 Å². The number of methoxy groups -OCH3 is 1. The van der Waals surface area contributed by atoms with Crippen molar-refractivity contribution in [1.29, 1.82) is 0 Å². The van der Waals surface area contributed by atoms with E-state index in [0.717, 1.165) is 13.2 Å². The van der Waals surface area contributed by atoms with Gasteiger partial charge in [0.1, 0.15) is 5.56 Å². The molecule has 0 radical (unpaired) electrons. The second-order valence-corrected chi connectivity index (χ2v) is 3.73. The summed E-state index contributed by atoms with van der Waals surface area (Å²) in [5.41, 5.74) is 4.68. The minimum atomic E-state index is -4.95. The van der Waals surface area contributed by atoms with Gasteiger partial charge < -0.3 is 15.2 Å². The topological polar surface area (TPSA) is 61.5 Å². The first kappa shape index (κ1) is 13.6. The molecule has 94 valence electrons. The number of halogens is 4. The molecule has 0 bridgehead atoms. The van der Waals surface area contributed by atoms with Crippen LogP contribution in [0.1, 0.15) is 10.4 Å². The quantitative estimate of drug-likeness (QED) is 0.673. The first-order valence-corrected chi connectivity index (χ1v) is 4.97. The van der Waals surface area contributed by atoms with Crippen molar-refractivity contribution in [1.82, 2.24) is 0 Å². The number of carbonyl (C=O) groups excluding carboxylic acids is 1. The van der Waals surface area contributed by atoms with Crippen LogP contribution in [-0.2, 0) is 4.74 Å². The van der Waals surface area contributed by atoms with Gasteiger partial charge in [0.05, 0.1) is 12.8 Å². The minimum Gasteiger partial charge on any atom is -0.465 e. The van der Waals surface area contributed by atoms with Crippen molar-refractivity contribution >= 4 is 27.6 Å². The second-order valence-electron chi connectivity index (χ2n) is 2.88. The average Bonchev–Trinajstić information content (AvgIpc) is 2.22. The SMILES string of the molecule is COC(=O)c1ccc(Br)c(N)c1OC(F)(F)F. The van der Waals surface area contributed by atoms with E-state index in [9.17, 15) is 18.0 Å². The number of anilines is 1. The van der Waals surface area contributed by atoms with Gasteiger partial charge in [0.15, 0.2) is 5.75 Å². The molecule has 0 fully saturated rings. The lowest BCUT2D eigenvalue weighted by atomic mass is 10.2. The number of nitrogens with two attached hydrogens (primary N) is 1. The van der Waals surface area contributed by atoms with E-state index in [0.29, 0.717) is 0 Å². The first-order valence-electron chi connectivity index (χ1n) is 4.18. The molecule has 17 heavy (non-hydrogen) atoms. The van der Waals surface area contributed by atoms with E-state index in [4.69, 9.17) is 5.73 Å². The van der Waals surface area contributed by atoms with Crippen LogP contribution >= 0.6 is 15.9 Å². The predicted molar refractivity (Wildman–Crippen MR) is 56.6 cm³/mol. The molecular formula is C9H7BrF3NO3. The van der Waals surface area contributed by atoms with Crippen LogP contribution < -0.4 is 10.5 Å². The van der Waals surface area contributed by atoms with Gasteiger partial charge in [-0.2, -0.15) is 0 Å². The maximum Gasteiger partial charge on any atom is 0.573 e. The number of rotatable bonds is 2. The van der Waals surface area contributed by atoms with E-state index < -0.39 is 23.6 Å². The first-order chi connectivity index (χ1) is 7.76. The highest BCUT2D eigenvalue weighted by Gasteiger charge is 2.34. The monoisotopic (exact) mass is 313 g/mol. The van der Waals surface area contributed by atoms with Crippen LogP contribution in [0, 0.1) is 0 Å². The van der Waals surface area contributed by atoms with Gasteiger partial charge in [-0.3, -0.25) is 0 Å². The van der Waals surface area contributed by atoms with Gasteiger partial charge in [-0.25, -0.2) is 4.79 Å². The van der Waals surface area contributed by atoms with Gasteiger partial charge in [-0.15, -0.1) is 13.2 Å². The number of hydrogen-bond acceptors (Lipinski definition) is 4. The van der Waals surface area contributed by atoms with Crippen LogP contribution in [0.4, 0.5) is 18.9 Å². The van der Waals surface area contributed by atoms with Crippen molar-refractivity contribution in [3.8, 4) is 5.75 Å². The largest absolute Gasteiger partial charge is 0.573 e. The van der Waals surface area contributed by atoms with Crippen LogP contribution in [0.3, 0.4) is 0 Å². The molecule has 1 rings (SSSR count). The summed E-state index contributed by atoms with van der Waals surface area (Å²) in [4.78, 5) is 11.2. The standard InChI is InChI=1S/C9H7BrF3NO3/c1-16-8(15)4-2-3-5(10)6(14)7(4)17-9(11,12)13/h2-3H,14H2,1H3.